The molecule has 1 aliphatic carbocycles. The molecule has 0 spiro atoms. The molecular formula is C20H17N5O. The Hall–Kier alpha value is -3.33. The van der Waals surface area contributed by atoms with Crippen molar-refractivity contribution in [3.05, 3.63) is 65.6 Å². The van der Waals surface area contributed by atoms with Gasteiger partial charge in [0.1, 0.15) is 19.0 Å². The molecule has 0 unspecified atom stereocenters. The first kappa shape index (κ1) is 16.2. The lowest BCUT2D eigenvalue weighted by molar-refractivity contribution is 0.288. The summed E-state index contributed by atoms with van der Waals surface area (Å²) in [6.45, 7) is 0.350. The van der Waals surface area contributed by atoms with Gasteiger partial charge >= 0.3 is 0 Å². The molecule has 6 nitrogen and oxygen atoms in total. The van der Waals surface area contributed by atoms with E-state index in [4.69, 9.17) is 9.72 Å². The predicted molar refractivity (Wildman–Crippen MR) is 95.2 cm³/mol. The molecule has 6 heteroatoms. The SMILES string of the molecule is N#Cc1ncncc1-c1cc(OCc2ccccn2)nc2c1CCCC2. The van der Waals surface area contributed by atoms with Crippen molar-refractivity contribution in [1.82, 2.24) is 19.9 Å². The van der Waals surface area contributed by atoms with E-state index in [0.29, 0.717) is 18.2 Å². The van der Waals surface area contributed by atoms with Crippen LogP contribution in [0.15, 0.2) is 43.0 Å². The number of nitrogens with zero attached hydrogens (tertiary/aromatic N) is 5. The lowest BCUT2D eigenvalue weighted by atomic mass is 9.89. The van der Waals surface area contributed by atoms with Crippen molar-refractivity contribution in [3.8, 4) is 23.1 Å². The van der Waals surface area contributed by atoms with Gasteiger partial charge in [0.05, 0.1) is 5.69 Å². The molecule has 0 N–H and O–H groups in total. The van der Waals surface area contributed by atoms with Crippen LogP contribution in [-0.2, 0) is 19.4 Å². The van der Waals surface area contributed by atoms with Crippen LogP contribution in [0.1, 0.15) is 35.5 Å². The third kappa shape index (κ3) is 3.24. The van der Waals surface area contributed by atoms with E-state index in [-0.39, 0.29) is 0 Å². The van der Waals surface area contributed by atoms with Crippen LogP contribution < -0.4 is 4.74 Å². The molecule has 26 heavy (non-hydrogen) atoms. The highest BCUT2D eigenvalue weighted by Crippen LogP contribution is 2.34. The summed E-state index contributed by atoms with van der Waals surface area (Å²) in [7, 11) is 0. The van der Waals surface area contributed by atoms with E-state index in [1.807, 2.05) is 24.3 Å². The minimum absolute atomic E-state index is 0.350. The van der Waals surface area contributed by atoms with Crippen molar-refractivity contribution in [2.75, 3.05) is 0 Å². The fraction of sp³-hybridized carbons (Fsp3) is 0.250. The second-order valence-electron chi connectivity index (χ2n) is 6.15. The van der Waals surface area contributed by atoms with Gasteiger partial charge in [-0.15, -0.1) is 0 Å². The zero-order valence-electron chi connectivity index (χ0n) is 14.2. The second kappa shape index (κ2) is 7.28. The Balaban J connectivity index is 1.74. The topological polar surface area (TPSA) is 84.6 Å². The monoisotopic (exact) mass is 343 g/mol. The first-order chi connectivity index (χ1) is 12.8. The van der Waals surface area contributed by atoms with Crippen molar-refractivity contribution < 1.29 is 4.74 Å². The van der Waals surface area contributed by atoms with Crippen LogP contribution in [0.4, 0.5) is 0 Å². The lowest BCUT2D eigenvalue weighted by Gasteiger charge is -2.20. The third-order valence-electron chi connectivity index (χ3n) is 4.48. The molecule has 0 atom stereocenters. The minimum atomic E-state index is 0.350. The van der Waals surface area contributed by atoms with Gasteiger partial charge in [0.25, 0.3) is 0 Å². The molecule has 0 bridgehead atoms. The molecule has 0 aliphatic heterocycles. The van der Waals surface area contributed by atoms with Crippen molar-refractivity contribution in [2.24, 2.45) is 0 Å². The molecule has 0 radical (unpaired) electrons. The van der Waals surface area contributed by atoms with E-state index in [2.05, 4.69) is 21.0 Å². The summed E-state index contributed by atoms with van der Waals surface area (Å²) in [4.78, 5) is 17.2. The molecule has 0 saturated heterocycles. The van der Waals surface area contributed by atoms with E-state index < -0.39 is 0 Å². The number of nitriles is 1. The van der Waals surface area contributed by atoms with Crippen LogP contribution in [0.3, 0.4) is 0 Å². The van der Waals surface area contributed by atoms with Gasteiger partial charge in [-0.1, -0.05) is 6.07 Å². The Morgan fingerprint density at radius 2 is 2.04 bits per heavy atom. The quantitative estimate of drug-likeness (QED) is 0.723. The summed E-state index contributed by atoms with van der Waals surface area (Å²) in [5, 5.41) is 9.41. The number of ether oxygens (including phenoxy) is 1. The fourth-order valence-electron chi connectivity index (χ4n) is 3.24. The lowest BCUT2D eigenvalue weighted by Crippen LogP contribution is -2.10. The van der Waals surface area contributed by atoms with Crippen LogP contribution in [0.25, 0.3) is 11.1 Å². The fourth-order valence-corrected chi connectivity index (χ4v) is 3.24. The number of hydrogen-bond acceptors (Lipinski definition) is 6. The van der Waals surface area contributed by atoms with Crippen LogP contribution in [0.5, 0.6) is 5.88 Å². The second-order valence-corrected chi connectivity index (χ2v) is 6.15. The number of fused-ring (bicyclic) bond motifs is 1. The molecule has 0 fully saturated rings. The summed E-state index contributed by atoms with van der Waals surface area (Å²) < 4.78 is 5.90. The van der Waals surface area contributed by atoms with Gasteiger partial charge in [-0.05, 0) is 48.9 Å². The van der Waals surface area contributed by atoms with Crippen LogP contribution >= 0.6 is 0 Å². The molecule has 3 heterocycles. The van der Waals surface area contributed by atoms with E-state index in [0.717, 1.165) is 48.2 Å². The Kier molecular flexibility index (Phi) is 4.52. The first-order valence-corrected chi connectivity index (χ1v) is 8.61. The average molecular weight is 343 g/mol. The molecule has 3 aromatic heterocycles. The minimum Gasteiger partial charge on any atom is -0.471 e. The largest absolute Gasteiger partial charge is 0.471 e. The molecule has 1 aliphatic rings. The molecule has 4 rings (SSSR count). The summed E-state index contributed by atoms with van der Waals surface area (Å²) >= 11 is 0. The van der Waals surface area contributed by atoms with Gasteiger partial charge in [-0.25, -0.2) is 15.0 Å². The standard InChI is InChI=1S/C20H17N5O/c21-10-19-17(11-22-13-24-19)16-9-20(25-18-7-2-1-6-15(16)18)26-12-14-5-3-4-8-23-14/h3-5,8-9,11,13H,1-2,6-7,12H2. The molecule has 3 aromatic rings. The number of hydrogen-bond donors (Lipinski definition) is 0. The van der Waals surface area contributed by atoms with Crippen molar-refractivity contribution in [3.63, 3.8) is 0 Å². The van der Waals surface area contributed by atoms with Crippen LogP contribution in [-0.4, -0.2) is 19.9 Å². The van der Waals surface area contributed by atoms with Gasteiger partial charge in [-0.3, -0.25) is 4.98 Å². The van der Waals surface area contributed by atoms with Gasteiger partial charge in [0.2, 0.25) is 5.88 Å². The maximum absolute atomic E-state index is 9.41. The Bertz CT molecular complexity index is 966. The Labute approximate surface area is 151 Å². The molecule has 0 aromatic carbocycles. The Morgan fingerprint density at radius 3 is 2.88 bits per heavy atom. The van der Waals surface area contributed by atoms with Crippen molar-refractivity contribution in [1.29, 1.82) is 5.26 Å². The average Bonchev–Trinajstić information content (AvgIpc) is 2.72. The zero-order chi connectivity index (χ0) is 17.8. The smallest absolute Gasteiger partial charge is 0.214 e. The molecule has 128 valence electrons. The summed E-state index contributed by atoms with van der Waals surface area (Å²) in [5.74, 6) is 0.541. The number of pyridine rings is 2. The molecule has 0 amide bonds. The summed E-state index contributed by atoms with van der Waals surface area (Å²) in [5.41, 5.74) is 5.11. The highest BCUT2D eigenvalue weighted by molar-refractivity contribution is 5.72. The zero-order valence-corrected chi connectivity index (χ0v) is 14.2. The van der Waals surface area contributed by atoms with Gasteiger partial charge in [-0.2, -0.15) is 5.26 Å². The maximum atomic E-state index is 9.41. The van der Waals surface area contributed by atoms with Gasteiger partial charge in [0.15, 0.2) is 5.69 Å². The highest BCUT2D eigenvalue weighted by Gasteiger charge is 2.20. The Morgan fingerprint density at radius 1 is 1.12 bits per heavy atom. The van der Waals surface area contributed by atoms with Crippen LogP contribution in [0.2, 0.25) is 0 Å². The predicted octanol–water partition coefficient (Wildman–Crippen LogP) is 3.26. The van der Waals surface area contributed by atoms with E-state index in [1.165, 1.54) is 11.9 Å². The highest BCUT2D eigenvalue weighted by atomic mass is 16.5. The molecular weight excluding hydrogens is 326 g/mol. The molecule has 0 saturated carbocycles. The summed E-state index contributed by atoms with van der Waals surface area (Å²) in [6.07, 6.45) is 8.92. The van der Waals surface area contributed by atoms with E-state index in [9.17, 15) is 5.26 Å². The van der Waals surface area contributed by atoms with Crippen molar-refractivity contribution >= 4 is 0 Å². The number of aromatic nitrogens is 4. The maximum Gasteiger partial charge on any atom is 0.214 e. The van der Waals surface area contributed by atoms with Gasteiger partial charge in [0, 0.05) is 29.7 Å². The normalized spacial score (nSPS) is 12.9. The first-order valence-electron chi connectivity index (χ1n) is 8.61. The number of rotatable bonds is 4. The number of aryl methyl sites for hydroxylation is 1. The summed E-state index contributed by atoms with van der Waals surface area (Å²) in [6, 6.07) is 9.77. The third-order valence-corrected chi connectivity index (χ3v) is 4.48. The van der Waals surface area contributed by atoms with Crippen molar-refractivity contribution in [2.45, 2.75) is 32.3 Å². The van der Waals surface area contributed by atoms with Crippen LogP contribution in [0, 0.1) is 11.3 Å². The van der Waals surface area contributed by atoms with E-state index >= 15 is 0 Å². The van der Waals surface area contributed by atoms with E-state index in [1.54, 1.807) is 12.4 Å². The van der Waals surface area contributed by atoms with Gasteiger partial charge < -0.3 is 4.74 Å².